The number of aliphatic hydroxyl groups is 5. The number of ether oxygens (including phenoxy) is 3. The van der Waals surface area contributed by atoms with Crippen molar-refractivity contribution in [3.05, 3.63) is 29.8 Å². The molecule has 0 aromatic heterocycles. The van der Waals surface area contributed by atoms with Gasteiger partial charge in [-0.2, -0.15) is 0 Å². The first kappa shape index (κ1) is 20.4. The molecule has 6 N–H and O–H groups in total. The average Bonchev–Trinajstić information content (AvgIpc) is 2.66. The first-order valence-corrected chi connectivity index (χ1v) is 8.94. The Kier molecular flexibility index (Phi) is 6.66. The van der Waals surface area contributed by atoms with Gasteiger partial charge in [0.05, 0.1) is 37.6 Å². The molecule has 3 rings (SSSR count). The van der Waals surface area contributed by atoms with Gasteiger partial charge in [0.1, 0.15) is 24.1 Å². The van der Waals surface area contributed by atoms with E-state index in [0.29, 0.717) is 5.56 Å². The number of hydrogen-bond donors (Lipinski definition) is 6. The van der Waals surface area contributed by atoms with Gasteiger partial charge in [0.2, 0.25) is 0 Å². The molecule has 2 aliphatic rings. The maximum absolute atomic E-state index is 10.7. The quantitative estimate of drug-likeness (QED) is 0.366. The predicted molar refractivity (Wildman–Crippen MR) is 90.7 cm³/mol. The third kappa shape index (κ3) is 4.58. The van der Waals surface area contributed by atoms with Gasteiger partial charge in [-0.15, -0.1) is 0 Å². The standard InChI is InChI=1S/C18H26O9/c19-7-11-5-13(22)15(23)18(26-11)27-14-6-12(8-20)25-17(16(14)24)9-2-1-3-10(21)4-9/h1-4,11-24H,5-8H2. The molecule has 8 unspecified atom stereocenters. The number of rotatable bonds is 5. The third-order valence-electron chi connectivity index (χ3n) is 4.94. The van der Waals surface area contributed by atoms with Gasteiger partial charge in [-0.3, -0.25) is 0 Å². The van der Waals surface area contributed by atoms with Crippen LogP contribution in [0.15, 0.2) is 24.3 Å². The molecule has 9 heteroatoms. The van der Waals surface area contributed by atoms with Gasteiger partial charge in [-0.25, -0.2) is 0 Å². The van der Waals surface area contributed by atoms with Crippen molar-refractivity contribution < 1.29 is 44.8 Å². The highest BCUT2D eigenvalue weighted by Crippen LogP contribution is 2.36. The summed E-state index contributed by atoms with van der Waals surface area (Å²) in [5.74, 6) is 0.00633. The van der Waals surface area contributed by atoms with Crippen LogP contribution in [0.2, 0.25) is 0 Å². The Hall–Kier alpha value is -1.30. The fourth-order valence-electron chi connectivity index (χ4n) is 3.49. The molecule has 8 atom stereocenters. The highest BCUT2D eigenvalue weighted by atomic mass is 16.7. The summed E-state index contributed by atoms with van der Waals surface area (Å²) in [5, 5.41) is 59.3. The fourth-order valence-corrected chi connectivity index (χ4v) is 3.49. The summed E-state index contributed by atoms with van der Waals surface area (Å²) in [6.45, 7) is -0.650. The summed E-state index contributed by atoms with van der Waals surface area (Å²) in [7, 11) is 0. The van der Waals surface area contributed by atoms with Gasteiger partial charge in [0.15, 0.2) is 6.29 Å². The molecule has 2 aliphatic heterocycles. The number of phenols is 1. The first-order valence-electron chi connectivity index (χ1n) is 8.94. The van der Waals surface area contributed by atoms with Gasteiger partial charge >= 0.3 is 0 Å². The summed E-state index contributed by atoms with van der Waals surface area (Å²) >= 11 is 0. The summed E-state index contributed by atoms with van der Waals surface area (Å²) < 4.78 is 16.9. The second-order valence-corrected chi connectivity index (χ2v) is 6.96. The Morgan fingerprint density at radius 1 is 0.963 bits per heavy atom. The van der Waals surface area contributed by atoms with Crippen LogP contribution in [0.5, 0.6) is 5.75 Å². The lowest BCUT2D eigenvalue weighted by atomic mass is 9.92. The Bertz CT molecular complexity index is 612. The maximum atomic E-state index is 10.7. The zero-order chi connectivity index (χ0) is 19.6. The monoisotopic (exact) mass is 386 g/mol. The molecule has 0 bridgehead atoms. The van der Waals surface area contributed by atoms with Crippen molar-refractivity contribution in [1.82, 2.24) is 0 Å². The third-order valence-corrected chi connectivity index (χ3v) is 4.94. The Morgan fingerprint density at radius 3 is 2.33 bits per heavy atom. The lowest BCUT2D eigenvalue weighted by Crippen LogP contribution is -2.54. The average molecular weight is 386 g/mol. The minimum atomic E-state index is -1.34. The van der Waals surface area contributed by atoms with Crippen LogP contribution in [0.25, 0.3) is 0 Å². The maximum Gasteiger partial charge on any atom is 0.186 e. The lowest BCUT2D eigenvalue weighted by Gasteiger charge is -2.43. The van der Waals surface area contributed by atoms with E-state index in [4.69, 9.17) is 14.2 Å². The number of benzene rings is 1. The van der Waals surface area contributed by atoms with E-state index >= 15 is 0 Å². The number of hydrogen-bond acceptors (Lipinski definition) is 9. The van der Waals surface area contributed by atoms with Crippen molar-refractivity contribution >= 4 is 0 Å². The molecule has 27 heavy (non-hydrogen) atoms. The van der Waals surface area contributed by atoms with Crippen molar-refractivity contribution in [2.45, 2.75) is 61.9 Å². The molecule has 9 nitrogen and oxygen atoms in total. The molecule has 2 fully saturated rings. The summed E-state index contributed by atoms with van der Waals surface area (Å²) in [6.07, 6.45) is -7.74. The van der Waals surface area contributed by atoms with Crippen molar-refractivity contribution in [2.75, 3.05) is 13.2 Å². The molecule has 2 saturated heterocycles. The zero-order valence-corrected chi connectivity index (χ0v) is 14.7. The Labute approximate surface area is 156 Å². The van der Waals surface area contributed by atoms with Gasteiger partial charge in [-0.1, -0.05) is 12.1 Å². The number of aromatic hydroxyl groups is 1. The molecule has 1 aromatic carbocycles. The smallest absolute Gasteiger partial charge is 0.186 e. The van der Waals surface area contributed by atoms with Crippen LogP contribution in [-0.4, -0.2) is 86.8 Å². The lowest BCUT2D eigenvalue weighted by molar-refractivity contribution is -0.309. The highest BCUT2D eigenvalue weighted by molar-refractivity contribution is 5.29. The van der Waals surface area contributed by atoms with Crippen molar-refractivity contribution in [1.29, 1.82) is 0 Å². The van der Waals surface area contributed by atoms with Crippen LogP contribution >= 0.6 is 0 Å². The van der Waals surface area contributed by atoms with E-state index in [1.807, 2.05) is 0 Å². The van der Waals surface area contributed by atoms with Gasteiger partial charge in [0, 0.05) is 12.8 Å². The van der Waals surface area contributed by atoms with Crippen molar-refractivity contribution in [3.63, 3.8) is 0 Å². The normalized spacial score (nSPS) is 40.0. The van der Waals surface area contributed by atoms with E-state index < -0.39 is 49.0 Å². The van der Waals surface area contributed by atoms with Gasteiger partial charge in [-0.05, 0) is 17.7 Å². The second-order valence-electron chi connectivity index (χ2n) is 6.96. The van der Waals surface area contributed by atoms with Crippen LogP contribution in [0.4, 0.5) is 0 Å². The molecule has 152 valence electrons. The van der Waals surface area contributed by atoms with Crippen molar-refractivity contribution in [2.24, 2.45) is 0 Å². The Morgan fingerprint density at radius 2 is 1.67 bits per heavy atom. The van der Waals surface area contributed by atoms with E-state index in [1.165, 1.54) is 12.1 Å². The molecule has 0 radical (unpaired) electrons. The van der Waals surface area contributed by atoms with Crippen LogP contribution in [0.3, 0.4) is 0 Å². The molecule has 0 aliphatic carbocycles. The summed E-state index contributed by atoms with van der Waals surface area (Å²) in [6, 6.07) is 6.21. The van der Waals surface area contributed by atoms with Crippen LogP contribution in [0, 0.1) is 0 Å². The topological polar surface area (TPSA) is 149 Å². The minimum Gasteiger partial charge on any atom is -0.508 e. The highest BCUT2D eigenvalue weighted by Gasteiger charge is 2.44. The largest absolute Gasteiger partial charge is 0.508 e. The first-order chi connectivity index (χ1) is 12.9. The Balaban J connectivity index is 1.77. The zero-order valence-electron chi connectivity index (χ0n) is 14.7. The molecule has 0 amide bonds. The van der Waals surface area contributed by atoms with E-state index in [-0.39, 0.29) is 31.8 Å². The minimum absolute atomic E-state index is 0.00633. The SMILES string of the molecule is OCC1CC(O)C(O)C(OC2CC(CO)OC(c3cccc(O)c3)C2O)O1. The molecular formula is C18H26O9. The number of aliphatic hydroxyl groups excluding tert-OH is 5. The van der Waals surface area contributed by atoms with E-state index in [2.05, 4.69) is 0 Å². The van der Waals surface area contributed by atoms with Crippen LogP contribution in [0.1, 0.15) is 24.5 Å². The summed E-state index contributed by atoms with van der Waals surface area (Å²) in [4.78, 5) is 0. The van der Waals surface area contributed by atoms with E-state index in [0.717, 1.165) is 0 Å². The van der Waals surface area contributed by atoms with E-state index in [1.54, 1.807) is 12.1 Å². The molecular weight excluding hydrogens is 360 g/mol. The molecule has 0 spiro atoms. The van der Waals surface area contributed by atoms with Gasteiger partial charge < -0.3 is 44.8 Å². The van der Waals surface area contributed by atoms with Crippen LogP contribution in [-0.2, 0) is 14.2 Å². The predicted octanol–water partition coefficient (Wildman–Crippen LogP) is -1.21. The molecule has 0 saturated carbocycles. The second kappa shape index (κ2) is 8.80. The van der Waals surface area contributed by atoms with Crippen LogP contribution < -0.4 is 0 Å². The van der Waals surface area contributed by atoms with Crippen molar-refractivity contribution in [3.8, 4) is 5.75 Å². The molecule has 2 heterocycles. The van der Waals surface area contributed by atoms with E-state index in [9.17, 15) is 30.6 Å². The molecule has 1 aromatic rings. The summed E-state index contributed by atoms with van der Waals surface area (Å²) in [5.41, 5.74) is 0.507. The number of phenolic OH excluding ortho intramolecular Hbond substituents is 1. The fraction of sp³-hybridized carbons (Fsp3) is 0.667. The van der Waals surface area contributed by atoms with Gasteiger partial charge in [0.25, 0.3) is 0 Å².